The summed E-state index contributed by atoms with van der Waals surface area (Å²) in [5.74, 6) is 1.06. The number of pyridine rings is 1. The maximum Gasteiger partial charge on any atom is 0.245 e. The number of imidazole rings is 1. The first kappa shape index (κ1) is 22.7. The zero-order valence-electron chi connectivity index (χ0n) is 18.8. The van der Waals surface area contributed by atoms with Gasteiger partial charge in [-0.1, -0.05) is 6.92 Å². The molecule has 1 saturated heterocycles. The van der Waals surface area contributed by atoms with E-state index in [-0.39, 0.29) is 23.6 Å². The van der Waals surface area contributed by atoms with Gasteiger partial charge in [-0.3, -0.25) is 9.52 Å². The Labute approximate surface area is 191 Å². The first-order chi connectivity index (χ1) is 15.7. The standard InChI is InChI=1S/C20H25N7O5S/c1-5-15(28)27-7-6-13(10-27)32-20-16-18(22-11-23-20)26(2)17(24-16)12-8-14(25-33(4,29)30)19(31-3)21-9-12/h8-9,11,13,25H,5-7,10H2,1-4H3/t13-/m0/s1. The van der Waals surface area contributed by atoms with Crippen molar-refractivity contribution >= 4 is 32.8 Å². The van der Waals surface area contributed by atoms with Crippen LogP contribution in [0, 0.1) is 0 Å². The highest BCUT2D eigenvalue weighted by molar-refractivity contribution is 7.92. The van der Waals surface area contributed by atoms with Crippen molar-refractivity contribution in [2.45, 2.75) is 25.9 Å². The van der Waals surface area contributed by atoms with Crippen molar-refractivity contribution in [3.8, 4) is 23.1 Å². The van der Waals surface area contributed by atoms with E-state index in [9.17, 15) is 13.2 Å². The fourth-order valence-corrected chi connectivity index (χ4v) is 4.31. The van der Waals surface area contributed by atoms with Crippen molar-refractivity contribution in [1.82, 2.24) is 29.4 Å². The van der Waals surface area contributed by atoms with Crippen LogP contribution in [0.2, 0.25) is 0 Å². The number of hydrogen-bond acceptors (Lipinski definition) is 9. The zero-order chi connectivity index (χ0) is 23.8. The lowest BCUT2D eigenvalue weighted by atomic mass is 10.2. The molecule has 1 fully saturated rings. The summed E-state index contributed by atoms with van der Waals surface area (Å²) >= 11 is 0. The summed E-state index contributed by atoms with van der Waals surface area (Å²) in [6, 6.07) is 1.59. The van der Waals surface area contributed by atoms with Gasteiger partial charge in [0.15, 0.2) is 11.2 Å². The molecule has 0 aliphatic carbocycles. The van der Waals surface area contributed by atoms with Crippen molar-refractivity contribution in [2.75, 3.05) is 31.2 Å². The molecule has 0 aromatic carbocycles. The number of sulfonamides is 1. The summed E-state index contributed by atoms with van der Waals surface area (Å²) in [6.45, 7) is 2.98. The van der Waals surface area contributed by atoms with E-state index in [0.29, 0.717) is 54.4 Å². The predicted octanol–water partition coefficient (Wildman–Crippen LogP) is 1.20. The Hall–Kier alpha value is -3.48. The molecule has 1 aliphatic rings. The van der Waals surface area contributed by atoms with Gasteiger partial charge in [0.1, 0.15) is 23.9 Å². The predicted molar refractivity (Wildman–Crippen MR) is 120 cm³/mol. The minimum Gasteiger partial charge on any atom is -0.480 e. The number of nitrogens with one attached hydrogen (secondary N) is 1. The third-order valence-electron chi connectivity index (χ3n) is 5.30. The number of ether oxygens (including phenoxy) is 2. The van der Waals surface area contributed by atoms with Crippen molar-refractivity contribution in [1.29, 1.82) is 0 Å². The Balaban J connectivity index is 1.68. The summed E-state index contributed by atoms with van der Waals surface area (Å²) < 4.78 is 38.9. The number of carbonyl (C=O) groups excluding carboxylic acids is 1. The van der Waals surface area contributed by atoms with Gasteiger partial charge in [0.2, 0.25) is 27.7 Å². The monoisotopic (exact) mass is 475 g/mol. The fraction of sp³-hybridized carbons (Fsp3) is 0.450. The molecule has 0 saturated carbocycles. The molecule has 0 radical (unpaired) electrons. The SMILES string of the molecule is CCC(=O)N1CC[C@H](Oc2ncnc3c2nc(-c2cnc(OC)c(NS(C)(=O)=O)c2)n3C)C1. The number of rotatable bonds is 7. The molecule has 4 heterocycles. The van der Waals surface area contributed by atoms with Gasteiger partial charge in [-0.05, 0) is 6.07 Å². The highest BCUT2D eigenvalue weighted by atomic mass is 32.2. The van der Waals surface area contributed by atoms with Crippen LogP contribution in [-0.4, -0.2) is 76.3 Å². The van der Waals surface area contributed by atoms with Gasteiger partial charge >= 0.3 is 0 Å². The number of nitrogens with zero attached hydrogens (tertiary/aromatic N) is 6. The van der Waals surface area contributed by atoms with Crippen LogP contribution in [0.4, 0.5) is 5.69 Å². The van der Waals surface area contributed by atoms with Crippen LogP contribution in [0.25, 0.3) is 22.6 Å². The molecule has 4 rings (SSSR count). The fourth-order valence-electron chi connectivity index (χ4n) is 3.77. The van der Waals surface area contributed by atoms with Crippen LogP contribution in [0.5, 0.6) is 11.8 Å². The van der Waals surface area contributed by atoms with Gasteiger partial charge in [0, 0.05) is 38.2 Å². The van der Waals surface area contributed by atoms with Crippen LogP contribution in [-0.2, 0) is 21.9 Å². The normalized spacial score (nSPS) is 16.2. The number of hydrogen-bond donors (Lipinski definition) is 1. The van der Waals surface area contributed by atoms with Crippen LogP contribution in [0.15, 0.2) is 18.6 Å². The van der Waals surface area contributed by atoms with Gasteiger partial charge in [0.25, 0.3) is 0 Å². The van der Waals surface area contributed by atoms with Gasteiger partial charge in [-0.15, -0.1) is 0 Å². The van der Waals surface area contributed by atoms with Crippen LogP contribution < -0.4 is 14.2 Å². The Morgan fingerprint density at radius 3 is 2.76 bits per heavy atom. The maximum atomic E-state index is 12.0. The Bertz CT molecular complexity index is 1310. The smallest absolute Gasteiger partial charge is 0.245 e. The lowest BCUT2D eigenvalue weighted by Gasteiger charge is -2.16. The Kier molecular flexibility index (Phi) is 6.06. The second kappa shape index (κ2) is 8.81. The third kappa shape index (κ3) is 4.67. The molecule has 0 bridgehead atoms. The summed E-state index contributed by atoms with van der Waals surface area (Å²) in [6.07, 6.45) is 4.96. The van der Waals surface area contributed by atoms with E-state index in [1.807, 2.05) is 6.92 Å². The molecule has 3 aromatic heterocycles. The van der Waals surface area contributed by atoms with Gasteiger partial charge in [-0.2, -0.15) is 4.98 Å². The number of aromatic nitrogens is 5. The molecule has 1 N–H and O–H groups in total. The van der Waals surface area contributed by atoms with E-state index in [1.165, 1.54) is 19.6 Å². The quantitative estimate of drug-likeness (QED) is 0.533. The number of anilines is 1. The number of carbonyl (C=O) groups is 1. The number of aryl methyl sites for hydroxylation is 1. The molecule has 0 unspecified atom stereocenters. The molecule has 13 heteroatoms. The number of amides is 1. The largest absolute Gasteiger partial charge is 0.480 e. The molecule has 1 aliphatic heterocycles. The highest BCUT2D eigenvalue weighted by Crippen LogP contribution is 2.32. The summed E-state index contributed by atoms with van der Waals surface area (Å²) in [5, 5.41) is 0. The van der Waals surface area contributed by atoms with Crippen molar-refractivity contribution in [2.24, 2.45) is 7.05 Å². The minimum absolute atomic E-state index is 0.0968. The average Bonchev–Trinajstić information content (AvgIpc) is 3.37. The molecule has 12 nitrogen and oxygen atoms in total. The molecule has 3 aromatic rings. The van der Waals surface area contributed by atoms with Crippen molar-refractivity contribution in [3.05, 3.63) is 18.6 Å². The van der Waals surface area contributed by atoms with Gasteiger partial charge in [-0.25, -0.2) is 23.4 Å². The van der Waals surface area contributed by atoms with E-state index in [1.54, 1.807) is 22.6 Å². The molecule has 1 atom stereocenters. The third-order valence-corrected chi connectivity index (χ3v) is 5.89. The topological polar surface area (TPSA) is 141 Å². The van der Waals surface area contributed by atoms with E-state index >= 15 is 0 Å². The van der Waals surface area contributed by atoms with Crippen LogP contribution in [0.3, 0.4) is 0 Å². The number of methoxy groups -OCH3 is 1. The Morgan fingerprint density at radius 1 is 1.27 bits per heavy atom. The maximum absolute atomic E-state index is 12.0. The van der Waals surface area contributed by atoms with E-state index in [0.717, 1.165) is 6.26 Å². The molecular formula is C20H25N7O5S. The Morgan fingerprint density at radius 2 is 2.06 bits per heavy atom. The van der Waals surface area contributed by atoms with Crippen molar-refractivity contribution < 1.29 is 22.7 Å². The van der Waals surface area contributed by atoms with Crippen LogP contribution in [0.1, 0.15) is 19.8 Å². The summed E-state index contributed by atoms with van der Waals surface area (Å²) in [7, 11) is -0.355. The van der Waals surface area contributed by atoms with E-state index in [2.05, 4.69) is 24.7 Å². The van der Waals surface area contributed by atoms with E-state index in [4.69, 9.17) is 9.47 Å². The second-order valence-corrected chi connectivity index (χ2v) is 9.47. The summed E-state index contributed by atoms with van der Waals surface area (Å²) in [4.78, 5) is 31.2. The average molecular weight is 476 g/mol. The first-order valence-electron chi connectivity index (χ1n) is 10.3. The van der Waals surface area contributed by atoms with Crippen molar-refractivity contribution in [3.63, 3.8) is 0 Å². The molecule has 176 valence electrons. The summed E-state index contributed by atoms with van der Waals surface area (Å²) in [5.41, 5.74) is 1.75. The van der Waals surface area contributed by atoms with E-state index < -0.39 is 10.0 Å². The number of fused-ring (bicyclic) bond motifs is 1. The molecule has 0 spiro atoms. The second-order valence-electron chi connectivity index (χ2n) is 7.72. The molecule has 1 amide bonds. The number of likely N-dealkylation sites (tertiary alicyclic amines) is 1. The lowest BCUT2D eigenvalue weighted by Crippen LogP contribution is -2.30. The van der Waals surface area contributed by atoms with Crippen LogP contribution >= 0.6 is 0 Å². The first-order valence-corrected chi connectivity index (χ1v) is 12.2. The lowest BCUT2D eigenvalue weighted by molar-refractivity contribution is -0.130. The van der Waals surface area contributed by atoms with Gasteiger partial charge in [0.05, 0.1) is 19.9 Å². The minimum atomic E-state index is -3.54. The van der Waals surface area contributed by atoms with Gasteiger partial charge < -0.3 is 18.9 Å². The zero-order valence-corrected chi connectivity index (χ0v) is 19.6. The highest BCUT2D eigenvalue weighted by Gasteiger charge is 2.28. The molecule has 33 heavy (non-hydrogen) atoms. The molecular weight excluding hydrogens is 450 g/mol.